The van der Waals surface area contributed by atoms with E-state index in [0.29, 0.717) is 12.2 Å². The number of carbonyl (C=O) groups is 1. The minimum absolute atomic E-state index is 0.145. The first-order chi connectivity index (χ1) is 13.5. The van der Waals surface area contributed by atoms with Crippen molar-refractivity contribution in [3.05, 3.63) is 64.0 Å². The Bertz CT molecular complexity index is 798. The van der Waals surface area contributed by atoms with Gasteiger partial charge >= 0.3 is 0 Å². The molecule has 0 aliphatic heterocycles. The maximum Gasteiger partial charge on any atom is 0.293 e. The fourth-order valence-electron chi connectivity index (χ4n) is 2.85. The summed E-state index contributed by atoms with van der Waals surface area (Å²) >= 11 is 0. The molecule has 28 heavy (non-hydrogen) atoms. The second-order valence-electron chi connectivity index (χ2n) is 6.66. The zero-order chi connectivity index (χ0) is 20.5. The molecule has 1 amide bonds. The van der Waals surface area contributed by atoms with Crippen LogP contribution in [0.25, 0.3) is 0 Å². The van der Waals surface area contributed by atoms with Crippen LogP contribution in [0.5, 0.6) is 0 Å². The molecule has 0 saturated heterocycles. The van der Waals surface area contributed by atoms with Gasteiger partial charge in [0.05, 0.1) is 16.7 Å². The van der Waals surface area contributed by atoms with Crippen LogP contribution in [0.1, 0.15) is 55.2 Å². The first-order valence-corrected chi connectivity index (χ1v) is 9.43. The smallest absolute Gasteiger partial charge is 0.293 e. The fraction of sp³-hybridized carbons (Fsp3) is 0.400. The second kappa shape index (κ2) is 10.4. The predicted octanol–water partition coefficient (Wildman–Crippen LogP) is 3.41. The van der Waals surface area contributed by atoms with E-state index in [2.05, 4.69) is 22.5 Å². The van der Waals surface area contributed by atoms with Crippen LogP contribution < -0.4 is 16.4 Å². The lowest BCUT2D eigenvalue weighted by atomic mass is 10.1. The molecule has 2 unspecified atom stereocenters. The van der Waals surface area contributed by atoms with Crippen LogP contribution in [0, 0.1) is 10.1 Å². The number of benzene rings is 1. The number of nitrogens with one attached hydrogen (secondary N) is 2. The molecule has 150 valence electrons. The maximum atomic E-state index is 12.5. The Balaban J connectivity index is 2.17. The normalized spacial score (nSPS) is 12.8. The third-order valence-electron chi connectivity index (χ3n) is 4.49. The third kappa shape index (κ3) is 5.75. The predicted molar refractivity (Wildman–Crippen MR) is 109 cm³/mol. The summed E-state index contributed by atoms with van der Waals surface area (Å²) in [5.74, 6) is -0.362. The molecule has 0 fully saturated rings. The van der Waals surface area contributed by atoms with Gasteiger partial charge in [0.1, 0.15) is 5.69 Å². The Labute approximate surface area is 164 Å². The quantitative estimate of drug-likeness (QED) is 0.425. The zero-order valence-corrected chi connectivity index (χ0v) is 16.2. The molecule has 0 radical (unpaired) electrons. The second-order valence-corrected chi connectivity index (χ2v) is 6.66. The minimum Gasteiger partial charge on any atom is -0.371 e. The maximum absolute atomic E-state index is 12.5. The largest absolute Gasteiger partial charge is 0.371 e. The van der Waals surface area contributed by atoms with Crippen molar-refractivity contribution in [2.45, 2.75) is 45.2 Å². The molecule has 2 atom stereocenters. The molecule has 0 aliphatic rings. The molecule has 8 heteroatoms. The molecule has 0 aliphatic carbocycles. The van der Waals surface area contributed by atoms with Gasteiger partial charge < -0.3 is 16.4 Å². The van der Waals surface area contributed by atoms with Crippen molar-refractivity contribution in [1.29, 1.82) is 0 Å². The first kappa shape index (κ1) is 21.3. The van der Waals surface area contributed by atoms with Gasteiger partial charge in [0.15, 0.2) is 0 Å². The molecule has 0 bridgehead atoms. The van der Waals surface area contributed by atoms with Crippen molar-refractivity contribution in [2.24, 2.45) is 5.73 Å². The van der Waals surface area contributed by atoms with Crippen LogP contribution in [0.15, 0.2) is 42.6 Å². The molecular weight excluding hydrogens is 358 g/mol. The van der Waals surface area contributed by atoms with Crippen LogP contribution in [0.2, 0.25) is 0 Å². The number of nitro groups is 1. The van der Waals surface area contributed by atoms with Crippen molar-refractivity contribution in [3.63, 3.8) is 0 Å². The Hall–Kier alpha value is -3.00. The van der Waals surface area contributed by atoms with Crippen molar-refractivity contribution in [1.82, 2.24) is 10.3 Å². The number of aromatic nitrogens is 1. The third-order valence-corrected chi connectivity index (χ3v) is 4.49. The number of nitrogens with two attached hydrogens (primary N) is 1. The Morgan fingerprint density at radius 3 is 2.71 bits per heavy atom. The van der Waals surface area contributed by atoms with E-state index in [1.165, 1.54) is 6.07 Å². The standard InChI is InChI=1S/C20H27N5O3/c1-3-4-7-16(13-21)24-20(26)15-9-10-18(19(12-15)25(27)28)23-14(2)17-8-5-6-11-22-17/h5-6,8-12,14,16,23H,3-4,7,13,21H2,1-2H3,(H,24,26). The van der Waals surface area contributed by atoms with E-state index >= 15 is 0 Å². The summed E-state index contributed by atoms with van der Waals surface area (Å²) in [4.78, 5) is 27.8. The van der Waals surface area contributed by atoms with Gasteiger partial charge in [-0.15, -0.1) is 0 Å². The summed E-state index contributed by atoms with van der Waals surface area (Å²) in [6, 6.07) is 9.55. The van der Waals surface area contributed by atoms with Gasteiger partial charge in [-0.25, -0.2) is 0 Å². The Kier molecular flexibility index (Phi) is 7.88. The summed E-state index contributed by atoms with van der Waals surface area (Å²) in [6.45, 7) is 4.26. The van der Waals surface area contributed by atoms with E-state index in [0.717, 1.165) is 25.0 Å². The average Bonchev–Trinajstić information content (AvgIpc) is 2.71. The number of hydrogen-bond donors (Lipinski definition) is 3. The lowest BCUT2D eigenvalue weighted by Gasteiger charge is -2.17. The highest BCUT2D eigenvalue weighted by Gasteiger charge is 2.20. The number of pyridine rings is 1. The highest BCUT2D eigenvalue weighted by molar-refractivity contribution is 5.96. The lowest BCUT2D eigenvalue weighted by Crippen LogP contribution is -2.40. The molecule has 1 heterocycles. The number of hydrogen-bond acceptors (Lipinski definition) is 6. The van der Waals surface area contributed by atoms with Crippen molar-refractivity contribution in [3.8, 4) is 0 Å². The van der Waals surface area contributed by atoms with E-state index in [-0.39, 0.29) is 29.2 Å². The molecule has 2 aromatic rings. The van der Waals surface area contributed by atoms with Gasteiger partial charge in [-0.2, -0.15) is 0 Å². The Morgan fingerprint density at radius 1 is 1.32 bits per heavy atom. The van der Waals surface area contributed by atoms with Gasteiger partial charge in [0, 0.05) is 30.4 Å². The van der Waals surface area contributed by atoms with Gasteiger partial charge in [-0.1, -0.05) is 25.8 Å². The Morgan fingerprint density at radius 2 is 2.11 bits per heavy atom. The number of nitrogens with zero attached hydrogens (tertiary/aromatic N) is 2. The SMILES string of the molecule is CCCCC(CN)NC(=O)c1ccc(NC(C)c2ccccn2)c([N+](=O)[O-])c1. The molecule has 2 rings (SSSR count). The number of unbranched alkanes of at least 4 members (excludes halogenated alkanes) is 1. The highest BCUT2D eigenvalue weighted by Crippen LogP contribution is 2.29. The number of anilines is 1. The molecular formula is C20H27N5O3. The number of rotatable bonds is 10. The molecule has 1 aromatic carbocycles. The fourth-order valence-corrected chi connectivity index (χ4v) is 2.85. The monoisotopic (exact) mass is 385 g/mol. The average molecular weight is 385 g/mol. The summed E-state index contributed by atoms with van der Waals surface area (Å²) in [6.07, 6.45) is 4.41. The van der Waals surface area contributed by atoms with Crippen LogP contribution in [0.4, 0.5) is 11.4 Å². The number of carbonyl (C=O) groups excluding carboxylic acids is 1. The molecule has 8 nitrogen and oxygen atoms in total. The van der Waals surface area contributed by atoms with Crippen molar-refractivity contribution >= 4 is 17.3 Å². The van der Waals surface area contributed by atoms with Crippen LogP contribution in [0.3, 0.4) is 0 Å². The topological polar surface area (TPSA) is 123 Å². The van der Waals surface area contributed by atoms with Crippen LogP contribution >= 0.6 is 0 Å². The van der Waals surface area contributed by atoms with Gasteiger partial charge in [-0.05, 0) is 37.6 Å². The van der Waals surface area contributed by atoms with E-state index < -0.39 is 4.92 Å². The van der Waals surface area contributed by atoms with E-state index in [1.807, 2.05) is 19.1 Å². The highest BCUT2D eigenvalue weighted by atomic mass is 16.6. The molecule has 4 N–H and O–H groups in total. The van der Waals surface area contributed by atoms with Crippen molar-refractivity contribution < 1.29 is 9.72 Å². The van der Waals surface area contributed by atoms with Crippen molar-refractivity contribution in [2.75, 3.05) is 11.9 Å². The number of amides is 1. The molecule has 1 aromatic heterocycles. The van der Waals surface area contributed by atoms with E-state index in [1.54, 1.807) is 24.4 Å². The van der Waals surface area contributed by atoms with Gasteiger partial charge in [0.2, 0.25) is 0 Å². The van der Waals surface area contributed by atoms with Crippen LogP contribution in [-0.4, -0.2) is 28.4 Å². The van der Waals surface area contributed by atoms with E-state index in [4.69, 9.17) is 5.73 Å². The first-order valence-electron chi connectivity index (χ1n) is 9.43. The zero-order valence-electron chi connectivity index (χ0n) is 16.2. The van der Waals surface area contributed by atoms with Crippen LogP contribution in [-0.2, 0) is 0 Å². The summed E-state index contributed by atoms with van der Waals surface area (Å²) in [7, 11) is 0. The van der Waals surface area contributed by atoms with Gasteiger partial charge in [-0.3, -0.25) is 19.9 Å². The van der Waals surface area contributed by atoms with Gasteiger partial charge in [0.25, 0.3) is 11.6 Å². The number of nitro benzene ring substituents is 1. The summed E-state index contributed by atoms with van der Waals surface area (Å²) < 4.78 is 0. The molecule has 0 spiro atoms. The summed E-state index contributed by atoms with van der Waals surface area (Å²) in [5.41, 5.74) is 6.89. The molecule has 0 saturated carbocycles. The minimum atomic E-state index is -0.498. The summed E-state index contributed by atoms with van der Waals surface area (Å²) in [5, 5.41) is 17.5. The van der Waals surface area contributed by atoms with E-state index in [9.17, 15) is 14.9 Å². The lowest BCUT2D eigenvalue weighted by molar-refractivity contribution is -0.384.